The lowest BCUT2D eigenvalue weighted by molar-refractivity contribution is -0.120. The van der Waals surface area contributed by atoms with Gasteiger partial charge in [0.25, 0.3) is 11.8 Å². The second kappa shape index (κ2) is 17.5. The van der Waals surface area contributed by atoms with Gasteiger partial charge in [-0.3, -0.25) is 14.5 Å². The number of amides is 1. The van der Waals surface area contributed by atoms with Gasteiger partial charge in [0.15, 0.2) is 10.9 Å². The van der Waals surface area contributed by atoms with Gasteiger partial charge in [-0.2, -0.15) is 5.26 Å². The summed E-state index contributed by atoms with van der Waals surface area (Å²) in [6.07, 6.45) is 1.37. The van der Waals surface area contributed by atoms with Gasteiger partial charge in [0.2, 0.25) is 0 Å². The van der Waals surface area contributed by atoms with Crippen LogP contribution in [0.1, 0.15) is 38.8 Å². The number of carbonyl (C=O) groups excluding carboxylic acids is 2. The van der Waals surface area contributed by atoms with Crippen molar-refractivity contribution in [1.82, 2.24) is 0 Å². The Morgan fingerprint density at radius 1 is 1.00 bits per heavy atom. The smallest absolute Gasteiger partial charge is 0.271 e. The van der Waals surface area contributed by atoms with E-state index < -0.39 is 22.9 Å². The number of ketones is 1. The number of rotatable bonds is 19. The second-order valence-corrected chi connectivity index (χ2v) is 11.8. The fourth-order valence-corrected chi connectivity index (χ4v) is 5.29. The van der Waals surface area contributed by atoms with E-state index in [1.54, 1.807) is 49.1 Å². The Labute approximate surface area is 289 Å². The summed E-state index contributed by atoms with van der Waals surface area (Å²) in [5, 5.41) is 9.40. The Hall–Kier alpha value is -3.93. The molecule has 3 rings (SSSR count). The van der Waals surface area contributed by atoms with E-state index in [0.29, 0.717) is 64.6 Å². The molecular weight excluding hydrogens is 668 g/mol. The molecule has 0 saturated carbocycles. The zero-order chi connectivity index (χ0) is 35.5. The van der Waals surface area contributed by atoms with Crippen LogP contribution in [0.5, 0.6) is 5.75 Å². The Kier molecular flexibility index (Phi) is 14.0. The number of Topliss-reactive ketones (excluding diaryl/α,β-unsaturated/α-hetero) is 1. The van der Waals surface area contributed by atoms with Gasteiger partial charge in [0.1, 0.15) is 35.3 Å². The van der Waals surface area contributed by atoms with Crippen molar-refractivity contribution >= 4 is 52.0 Å². The molecule has 1 aliphatic heterocycles. The van der Waals surface area contributed by atoms with Gasteiger partial charge in [-0.15, -0.1) is 0 Å². The molecule has 0 aromatic heterocycles. The first-order chi connectivity index (χ1) is 22.7. The van der Waals surface area contributed by atoms with Crippen LogP contribution in [-0.2, 0) is 34.5 Å². The molecule has 10 nitrogen and oxygen atoms in total. The normalized spacial score (nSPS) is 14.9. The maximum absolute atomic E-state index is 14.2. The summed E-state index contributed by atoms with van der Waals surface area (Å²) < 4.78 is 56.0. The number of thiocarbonyl (C=S) groups is 1. The molecule has 2 aromatic carbocycles. The van der Waals surface area contributed by atoms with E-state index in [-0.39, 0.29) is 39.5 Å². The number of hydrogen-bond donors (Lipinski definition) is 0. The topological polar surface area (TPSA) is 111 Å². The predicted molar refractivity (Wildman–Crippen MR) is 181 cm³/mol. The zero-order valence-electron chi connectivity index (χ0n) is 27.2. The number of alkyl halides is 2. The minimum absolute atomic E-state index is 0.0107. The number of ether oxygens (including phenoxy) is 5. The van der Waals surface area contributed by atoms with Gasteiger partial charge in [-0.25, -0.2) is 8.78 Å². The number of allylic oxidation sites excluding steroid dienone is 2. The van der Waals surface area contributed by atoms with Crippen LogP contribution in [0.15, 0.2) is 65.9 Å². The summed E-state index contributed by atoms with van der Waals surface area (Å²) in [7, 11) is 0. The van der Waals surface area contributed by atoms with Crippen molar-refractivity contribution in [2.24, 2.45) is 0 Å². The number of halogens is 3. The van der Waals surface area contributed by atoms with E-state index in [1.807, 2.05) is 0 Å². The predicted octanol–water partition coefficient (Wildman–Crippen LogP) is 6.26. The molecule has 258 valence electrons. The summed E-state index contributed by atoms with van der Waals surface area (Å²) in [5.74, 6) is -3.19. The van der Waals surface area contributed by atoms with Crippen molar-refractivity contribution in [1.29, 1.82) is 5.26 Å². The van der Waals surface area contributed by atoms with E-state index in [2.05, 4.69) is 6.58 Å². The molecule has 0 unspecified atom stereocenters. The molecule has 48 heavy (non-hydrogen) atoms. The highest BCUT2D eigenvalue weighted by atomic mass is 35.5. The summed E-state index contributed by atoms with van der Waals surface area (Å²) in [5.41, 5.74) is -0.998. The summed E-state index contributed by atoms with van der Waals surface area (Å²) in [6.45, 7) is 11.6. The molecule has 0 spiro atoms. The fraction of sp³-hybridized carbons (Fsp3) is 0.412. The third-order valence-electron chi connectivity index (χ3n) is 7.05. The molecular formula is C34H38ClF2N3O7S. The number of carbonyl (C=O) groups is 2. The first-order valence-corrected chi connectivity index (χ1v) is 15.8. The van der Waals surface area contributed by atoms with E-state index in [0.717, 1.165) is 6.07 Å². The van der Waals surface area contributed by atoms with Crippen LogP contribution in [0.3, 0.4) is 0 Å². The molecule has 0 bridgehead atoms. The first-order valence-electron chi connectivity index (χ1n) is 15.0. The first kappa shape index (κ1) is 38.5. The van der Waals surface area contributed by atoms with Gasteiger partial charge in [-0.05, 0) is 74.6 Å². The SMILES string of the molecule is C=C/C(OCCOCCOCCOCCOc1ccc(N2C(=S)N(c3ccc(C#N)c(C(C)(F)F)c3)C(=O)C2(C)C)cc1)=C(/Cl)C(C)=O. The maximum atomic E-state index is 14.2. The minimum atomic E-state index is -3.29. The Morgan fingerprint density at radius 2 is 1.54 bits per heavy atom. The molecule has 1 aliphatic rings. The average Bonchev–Trinajstić information content (AvgIpc) is 3.22. The van der Waals surface area contributed by atoms with E-state index in [1.165, 1.54) is 30.0 Å². The second-order valence-electron chi connectivity index (χ2n) is 11.0. The average molecular weight is 706 g/mol. The lowest BCUT2D eigenvalue weighted by Gasteiger charge is -2.29. The fourth-order valence-electron chi connectivity index (χ4n) is 4.64. The largest absolute Gasteiger partial charge is 0.491 e. The van der Waals surface area contributed by atoms with Crippen LogP contribution < -0.4 is 14.5 Å². The van der Waals surface area contributed by atoms with E-state index in [4.69, 9.17) is 47.5 Å². The van der Waals surface area contributed by atoms with Crippen molar-refractivity contribution in [2.45, 2.75) is 39.2 Å². The van der Waals surface area contributed by atoms with Crippen LogP contribution >= 0.6 is 23.8 Å². The quantitative estimate of drug-likeness (QED) is 0.0546. The highest BCUT2D eigenvalue weighted by molar-refractivity contribution is 7.81. The number of hydrogen-bond acceptors (Lipinski definition) is 9. The third-order valence-corrected chi connectivity index (χ3v) is 7.87. The molecule has 1 saturated heterocycles. The van der Waals surface area contributed by atoms with Crippen LogP contribution in [0.2, 0.25) is 0 Å². The van der Waals surface area contributed by atoms with Gasteiger partial charge in [-0.1, -0.05) is 18.2 Å². The lowest BCUT2D eigenvalue weighted by Crippen LogP contribution is -2.44. The molecule has 0 atom stereocenters. The molecule has 0 N–H and O–H groups in total. The van der Waals surface area contributed by atoms with Crippen molar-refractivity contribution in [3.63, 3.8) is 0 Å². The van der Waals surface area contributed by atoms with Crippen molar-refractivity contribution in [3.8, 4) is 11.8 Å². The van der Waals surface area contributed by atoms with Gasteiger partial charge in [0, 0.05) is 25.1 Å². The molecule has 1 amide bonds. The van der Waals surface area contributed by atoms with Gasteiger partial charge < -0.3 is 28.6 Å². The monoisotopic (exact) mass is 705 g/mol. The molecule has 2 aromatic rings. The highest BCUT2D eigenvalue weighted by Crippen LogP contribution is 2.39. The summed E-state index contributed by atoms with van der Waals surface area (Å²) >= 11 is 11.5. The third kappa shape index (κ3) is 9.81. The molecule has 1 heterocycles. The Morgan fingerprint density at radius 3 is 2.06 bits per heavy atom. The number of anilines is 2. The van der Waals surface area contributed by atoms with Crippen LogP contribution in [0, 0.1) is 11.3 Å². The number of nitrogens with zero attached hydrogens (tertiary/aromatic N) is 3. The van der Waals surface area contributed by atoms with Crippen molar-refractivity contribution < 1.29 is 42.1 Å². The maximum Gasteiger partial charge on any atom is 0.271 e. The lowest BCUT2D eigenvalue weighted by atomic mass is 10.0. The molecule has 14 heteroatoms. The molecule has 0 aliphatic carbocycles. The van der Waals surface area contributed by atoms with Crippen LogP contribution in [-0.4, -0.2) is 75.2 Å². The van der Waals surface area contributed by atoms with Crippen LogP contribution in [0.4, 0.5) is 20.2 Å². The standard InChI is InChI=1S/C34H38ClF2N3O7S/c1-6-29(30(35)23(2)41)47-20-18-45-16-14-43-13-15-44-17-19-46-27-11-9-25(10-12-27)40-32(48)39(31(42)33(40,3)4)26-8-7-24(22-38)28(21-26)34(5,36)37/h6-12,21H,1,13-20H2,2-5H3/b30-29-. The van der Waals surface area contributed by atoms with Crippen molar-refractivity contribution in [2.75, 3.05) is 62.7 Å². The number of nitriles is 1. The minimum Gasteiger partial charge on any atom is -0.491 e. The summed E-state index contributed by atoms with van der Waals surface area (Å²) in [6, 6.07) is 12.6. The Balaban J connectivity index is 1.40. The number of benzene rings is 2. The van der Waals surface area contributed by atoms with E-state index in [9.17, 15) is 23.6 Å². The molecule has 1 fully saturated rings. The highest BCUT2D eigenvalue weighted by Gasteiger charge is 2.50. The van der Waals surface area contributed by atoms with Gasteiger partial charge in [0.05, 0.1) is 57.0 Å². The van der Waals surface area contributed by atoms with E-state index >= 15 is 0 Å². The molecule has 0 radical (unpaired) electrons. The van der Waals surface area contributed by atoms with Gasteiger partial charge >= 0.3 is 0 Å². The van der Waals surface area contributed by atoms with Crippen molar-refractivity contribution in [3.05, 3.63) is 77.0 Å². The Bertz CT molecular complexity index is 1560. The zero-order valence-corrected chi connectivity index (χ0v) is 28.8. The summed E-state index contributed by atoms with van der Waals surface area (Å²) in [4.78, 5) is 27.6. The van der Waals surface area contributed by atoms with Crippen LogP contribution in [0.25, 0.3) is 0 Å².